The molecule has 1 atom stereocenters. The van der Waals surface area contributed by atoms with Crippen molar-refractivity contribution in [1.82, 2.24) is 0 Å². The van der Waals surface area contributed by atoms with Crippen molar-refractivity contribution < 1.29 is 28.6 Å². The molecule has 1 aliphatic carbocycles. The van der Waals surface area contributed by atoms with Gasteiger partial charge < -0.3 is 14.2 Å². The number of benzene rings is 1. The predicted octanol–water partition coefficient (Wildman–Crippen LogP) is 4.07. The van der Waals surface area contributed by atoms with E-state index in [1.807, 2.05) is 0 Å². The van der Waals surface area contributed by atoms with E-state index in [0.717, 1.165) is 6.42 Å². The number of esters is 1. The number of carbonyl (C=O) groups excluding carboxylic acids is 3. The minimum Gasteiger partial charge on any atom is -0.496 e. The smallest absolute Gasteiger partial charge is 0.306 e. The highest BCUT2D eigenvalue weighted by Crippen LogP contribution is 2.42. The van der Waals surface area contributed by atoms with Crippen LogP contribution in [-0.4, -0.2) is 31.8 Å². The first kappa shape index (κ1) is 20.7. The van der Waals surface area contributed by atoms with Gasteiger partial charge in [-0.1, -0.05) is 20.8 Å². The van der Waals surface area contributed by atoms with Gasteiger partial charge in [0.1, 0.15) is 17.6 Å². The molecular formula is C21H26O6. The molecular weight excluding hydrogens is 348 g/mol. The number of fused-ring (bicyclic) bond motifs is 1. The van der Waals surface area contributed by atoms with Crippen LogP contribution < -0.4 is 9.47 Å². The molecule has 0 bridgehead atoms. The van der Waals surface area contributed by atoms with E-state index < -0.39 is 6.10 Å². The normalized spacial score (nSPS) is 14.1. The second-order valence-corrected chi connectivity index (χ2v) is 6.82. The summed E-state index contributed by atoms with van der Waals surface area (Å²) in [5, 5.41) is 0. The Morgan fingerprint density at radius 3 is 2.15 bits per heavy atom. The number of methoxy groups -OCH3 is 2. The predicted molar refractivity (Wildman–Crippen MR) is 101 cm³/mol. The van der Waals surface area contributed by atoms with Gasteiger partial charge in [-0.3, -0.25) is 14.4 Å². The Morgan fingerprint density at radius 1 is 1.00 bits per heavy atom. The minimum atomic E-state index is -0.595. The fourth-order valence-electron chi connectivity index (χ4n) is 3.08. The number of hydrogen-bond acceptors (Lipinski definition) is 6. The number of ketones is 2. The molecule has 0 radical (unpaired) electrons. The maximum absolute atomic E-state index is 12.5. The number of carbonyl (C=O) groups is 3. The van der Waals surface area contributed by atoms with E-state index >= 15 is 0 Å². The zero-order chi connectivity index (χ0) is 20.1. The molecule has 0 heterocycles. The molecule has 1 unspecified atom stereocenters. The fraction of sp³-hybridized carbons (Fsp3) is 0.476. The molecule has 0 saturated heterocycles. The molecule has 1 aromatic rings. The van der Waals surface area contributed by atoms with Gasteiger partial charge in [-0.2, -0.15) is 0 Å². The maximum atomic E-state index is 12.5. The highest BCUT2D eigenvalue weighted by atomic mass is 16.5. The first-order chi connectivity index (χ1) is 12.8. The lowest BCUT2D eigenvalue weighted by molar-refractivity contribution is -0.149. The summed E-state index contributed by atoms with van der Waals surface area (Å²) in [6.45, 7) is 5.88. The Hall–Kier alpha value is -2.63. The molecule has 27 heavy (non-hydrogen) atoms. The van der Waals surface area contributed by atoms with Crippen molar-refractivity contribution in [1.29, 1.82) is 0 Å². The molecule has 146 valence electrons. The van der Waals surface area contributed by atoms with Gasteiger partial charge >= 0.3 is 5.97 Å². The molecule has 6 nitrogen and oxygen atoms in total. The lowest BCUT2D eigenvalue weighted by Crippen LogP contribution is -2.19. The van der Waals surface area contributed by atoms with Crippen molar-refractivity contribution in [3.05, 3.63) is 34.9 Å². The SMILES string of the molecule is CCC(=O)OC(CCC(C)C)c1cc(OC)c2c(c1OC)C(=O)C=CC2=O. The summed E-state index contributed by atoms with van der Waals surface area (Å²) < 4.78 is 16.5. The van der Waals surface area contributed by atoms with Crippen molar-refractivity contribution in [2.45, 2.75) is 46.1 Å². The van der Waals surface area contributed by atoms with Gasteiger partial charge in [0, 0.05) is 12.0 Å². The fourth-order valence-corrected chi connectivity index (χ4v) is 3.08. The summed E-state index contributed by atoms with van der Waals surface area (Å²) in [5.74, 6) is -0.0763. The van der Waals surface area contributed by atoms with Crippen LogP contribution in [0.15, 0.2) is 18.2 Å². The Balaban J connectivity index is 2.65. The number of ether oxygens (including phenoxy) is 3. The van der Waals surface area contributed by atoms with E-state index in [9.17, 15) is 14.4 Å². The third-order valence-electron chi connectivity index (χ3n) is 4.49. The third-order valence-corrected chi connectivity index (χ3v) is 4.49. The van der Waals surface area contributed by atoms with Gasteiger partial charge in [0.05, 0.1) is 25.3 Å². The first-order valence-electron chi connectivity index (χ1n) is 9.09. The van der Waals surface area contributed by atoms with Crippen LogP contribution in [0.5, 0.6) is 11.5 Å². The Kier molecular flexibility index (Phi) is 6.77. The molecule has 0 amide bonds. The van der Waals surface area contributed by atoms with Crippen LogP contribution in [0.2, 0.25) is 0 Å². The zero-order valence-corrected chi connectivity index (χ0v) is 16.5. The first-order valence-corrected chi connectivity index (χ1v) is 9.09. The molecule has 6 heteroatoms. The topological polar surface area (TPSA) is 78.9 Å². The largest absolute Gasteiger partial charge is 0.496 e. The molecule has 0 saturated carbocycles. The lowest BCUT2D eigenvalue weighted by Gasteiger charge is -2.25. The third kappa shape index (κ3) is 4.38. The standard InChI is InChI=1S/C21H26O6/c1-6-18(24)27-16(10-7-12(2)3)13-11-17(25-4)19-14(22)8-9-15(23)20(19)21(13)26-5/h8-9,11-12,16H,6-7,10H2,1-5H3. The van der Waals surface area contributed by atoms with Crippen LogP contribution in [0.3, 0.4) is 0 Å². The zero-order valence-electron chi connectivity index (χ0n) is 16.5. The van der Waals surface area contributed by atoms with E-state index in [1.54, 1.807) is 13.0 Å². The monoisotopic (exact) mass is 374 g/mol. The second-order valence-electron chi connectivity index (χ2n) is 6.82. The van der Waals surface area contributed by atoms with E-state index in [2.05, 4.69) is 13.8 Å². The Labute approximate surface area is 159 Å². The summed E-state index contributed by atoms with van der Waals surface area (Å²) in [6, 6.07) is 1.63. The van der Waals surface area contributed by atoms with Crippen LogP contribution in [-0.2, 0) is 9.53 Å². The summed E-state index contributed by atoms with van der Waals surface area (Å²) in [4.78, 5) is 36.8. The van der Waals surface area contributed by atoms with Gasteiger partial charge in [-0.15, -0.1) is 0 Å². The van der Waals surface area contributed by atoms with E-state index in [1.165, 1.54) is 26.4 Å². The summed E-state index contributed by atoms with van der Waals surface area (Å²) in [7, 11) is 2.87. The summed E-state index contributed by atoms with van der Waals surface area (Å²) >= 11 is 0. The molecule has 0 aliphatic heterocycles. The molecule has 2 rings (SSSR count). The Morgan fingerprint density at radius 2 is 1.63 bits per heavy atom. The van der Waals surface area contributed by atoms with Gasteiger partial charge in [-0.25, -0.2) is 0 Å². The van der Waals surface area contributed by atoms with E-state index in [0.29, 0.717) is 17.9 Å². The molecule has 1 aliphatic rings. The average molecular weight is 374 g/mol. The van der Waals surface area contributed by atoms with Crippen LogP contribution in [0.25, 0.3) is 0 Å². The highest BCUT2D eigenvalue weighted by Gasteiger charge is 2.33. The molecule has 0 fully saturated rings. The summed E-state index contributed by atoms with van der Waals surface area (Å²) in [6.07, 6.45) is 3.47. The highest BCUT2D eigenvalue weighted by molar-refractivity contribution is 6.24. The van der Waals surface area contributed by atoms with E-state index in [-0.39, 0.29) is 46.6 Å². The molecule has 0 aromatic heterocycles. The average Bonchev–Trinajstić information content (AvgIpc) is 2.66. The molecule has 0 N–H and O–H groups in total. The second kappa shape index (κ2) is 8.84. The van der Waals surface area contributed by atoms with Crippen LogP contribution in [0.1, 0.15) is 72.4 Å². The van der Waals surface area contributed by atoms with Crippen molar-refractivity contribution in [3.63, 3.8) is 0 Å². The van der Waals surface area contributed by atoms with Gasteiger partial charge in [0.15, 0.2) is 11.6 Å². The van der Waals surface area contributed by atoms with Crippen LogP contribution in [0.4, 0.5) is 0 Å². The molecule has 0 spiro atoms. The quantitative estimate of drug-likeness (QED) is 0.638. The minimum absolute atomic E-state index is 0.154. The number of allylic oxidation sites excluding steroid dienone is 2. The summed E-state index contributed by atoms with van der Waals surface area (Å²) in [5.41, 5.74) is 0.864. The van der Waals surface area contributed by atoms with E-state index in [4.69, 9.17) is 14.2 Å². The van der Waals surface area contributed by atoms with Crippen molar-refractivity contribution in [3.8, 4) is 11.5 Å². The maximum Gasteiger partial charge on any atom is 0.306 e. The lowest BCUT2D eigenvalue weighted by atomic mass is 9.88. The van der Waals surface area contributed by atoms with Gasteiger partial charge in [0.2, 0.25) is 0 Å². The van der Waals surface area contributed by atoms with Crippen molar-refractivity contribution >= 4 is 17.5 Å². The number of hydrogen-bond donors (Lipinski definition) is 0. The van der Waals surface area contributed by atoms with Crippen molar-refractivity contribution in [2.24, 2.45) is 5.92 Å². The molecule has 1 aromatic carbocycles. The Bertz CT molecular complexity index is 775. The van der Waals surface area contributed by atoms with Gasteiger partial charge in [0.25, 0.3) is 0 Å². The number of rotatable bonds is 8. The van der Waals surface area contributed by atoms with Gasteiger partial charge in [-0.05, 0) is 37.0 Å². The van der Waals surface area contributed by atoms with Crippen LogP contribution >= 0.6 is 0 Å². The van der Waals surface area contributed by atoms with Crippen LogP contribution in [0, 0.1) is 5.92 Å². The van der Waals surface area contributed by atoms with Crippen molar-refractivity contribution in [2.75, 3.05) is 14.2 Å².